The van der Waals surface area contributed by atoms with E-state index in [1.165, 1.54) is 16.3 Å². The first-order valence-electron chi connectivity index (χ1n) is 8.51. The van der Waals surface area contributed by atoms with Gasteiger partial charge in [0.2, 0.25) is 0 Å². The Morgan fingerprint density at radius 1 is 0.870 bits per heavy atom. The van der Waals surface area contributed by atoms with Gasteiger partial charge in [-0.05, 0) is 27.6 Å². The monoisotopic (exact) mass is 325 g/mol. The fourth-order valence-electron chi connectivity index (χ4n) is 2.74. The van der Waals surface area contributed by atoms with E-state index < -0.39 is 8.07 Å². The summed E-state index contributed by atoms with van der Waals surface area (Å²) in [4.78, 5) is 4.81. The van der Waals surface area contributed by atoms with Crippen molar-refractivity contribution < 1.29 is 0 Å². The molecule has 0 aliphatic heterocycles. The average molecular weight is 326 g/mol. The molecule has 0 spiro atoms. The molecule has 0 aliphatic rings. The minimum absolute atomic E-state index is 0.0923. The Hall–Kier alpha value is -1.41. The molecule has 0 atom stereocenters. The SMILES string of the molecule is CC(C)(C)C(C)(C)c1cc(-c2ccccc2)ncc1[Si](C)(C)C. The molecule has 1 aromatic carbocycles. The minimum atomic E-state index is -1.45. The van der Waals surface area contributed by atoms with Crippen LogP contribution < -0.4 is 5.19 Å². The van der Waals surface area contributed by atoms with E-state index in [0.29, 0.717) is 0 Å². The molecule has 2 heteroatoms. The maximum atomic E-state index is 4.81. The third-order valence-corrected chi connectivity index (χ3v) is 7.34. The molecule has 1 aromatic heterocycles. The lowest BCUT2D eigenvalue weighted by molar-refractivity contribution is 0.226. The third kappa shape index (κ3) is 3.58. The number of rotatable bonds is 3. The molecule has 0 unspecified atom stereocenters. The molecule has 0 fully saturated rings. The second-order valence-corrected chi connectivity index (χ2v) is 14.1. The van der Waals surface area contributed by atoms with Crippen molar-refractivity contribution in [2.24, 2.45) is 5.41 Å². The van der Waals surface area contributed by atoms with Crippen LogP contribution in [0.4, 0.5) is 0 Å². The molecule has 0 saturated carbocycles. The maximum Gasteiger partial charge on any atom is 0.0800 e. The Labute approximate surface area is 143 Å². The van der Waals surface area contributed by atoms with E-state index in [0.717, 1.165) is 5.69 Å². The first-order valence-corrected chi connectivity index (χ1v) is 12.0. The summed E-state index contributed by atoms with van der Waals surface area (Å²) in [6, 6.07) is 12.8. The second-order valence-electron chi connectivity index (χ2n) is 9.11. The smallest absolute Gasteiger partial charge is 0.0800 e. The molecule has 124 valence electrons. The summed E-state index contributed by atoms with van der Waals surface area (Å²) in [7, 11) is -1.45. The van der Waals surface area contributed by atoms with Crippen molar-refractivity contribution in [1.29, 1.82) is 0 Å². The maximum absolute atomic E-state index is 4.81. The van der Waals surface area contributed by atoms with Crippen LogP contribution in [-0.4, -0.2) is 13.1 Å². The van der Waals surface area contributed by atoms with Gasteiger partial charge in [0.1, 0.15) is 0 Å². The van der Waals surface area contributed by atoms with Crippen molar-refractivity contribution in [1.82, 2.24) is 4.98 Å². The predicted octanol–water partition coefficient (Wildman–Crippen LogP) is 5.62. The van der Waals surface area contributed by atoms with Gasteiger partial charge in [-0.1, -0.05) is 84.6 Å². The Bertz CT molecular complexity index is 673. The van der Waals surface area contributed by atoms with E-state index >= 15 is 0 Å². The van der Waals surface area contributed by atoms with Crippen LogP contribution in [-0.2, 0) is 5.41 Å². The van der Waals surface area contributed by atoms with Crippen molar-refractivity contribution in [2.45, 2.75) is 59.7 Å². The summed E-state index contributed by atoms with van der Waals surface area (Å²) in [5.41, 5.74) is 4.03. The lowest BCUT2D eigenvalue weighted by Gasteiger charge is -2.42. The highest BCUT2D eigenvalue weighted by atomic mass is 28.3. The molecule has 0 bridgehead atoms. The summed E-state index contributed by atoms with van der Waals surface area (Å²) in [6.45, 7) is 19.0. The normalized spacial score (nSPS) is 13.2. The lowest BCUT2D eigenvalue weighted by Crippen LogP contribution is -2.47. The zero-order chi connectivity index (χ0) is 17.5. The number of aromatic nitrogens is 1. The Kier molecular flexibility index (Phi) is 4.60. The number of pyridine rings is 1. The van der Waals surface area contributed by atoms with Crippen molar-refractivity contribution in [3.63, 3.8) is 0 Å². The van der Waals surface area contributed by atoms with Crippen molar-refractivity contribution in [2.75, 3.05) is 0 Å². The summed E-state index contributed by atoms with van der Waals surface area (Å²) in [5.74, 6) is 0. The van der Waals surface area contributed by atoms with Gasteiger partial charge in [-0.15, -0.1) is 0 Å². The van der Waals surface area contributed by atoms with Gasteiger partial charge in [0.05, 0.1) is 13.8 Å². The molecule has 2 rings (SSSR count). The first-order chi connectivity index (χ1) is 10.4. The van der Waals surface area contributed by atoms with E-state index in [4.69, 9.17) is 4.98 Å². The molecule has 0 radical (unpaired) electrons. The number of hydrogen-bond donors (Lipinski definition) is 0. The van der Waals surface area contributed by atoms with E-state index in [9.17, 15) is 0 Å². The van der Waals surface area contributed by atoms with Gasteiger partial charge in [0.15, 0.2) is 0 Å². The topological polar surface area (TPSA) is 12.9 Å². The van der Waals surface area contributed by atoms with Crippen LogP contribution >= 0.6 is 0 Å². The minimum Gasteiger partial charge on any atom is -0.256 e. The summed E-state index contributed by atoms with van der Waals surface area (Å²) in [5, 5.41) is 1.48. The van der Waals surface area contributed by atoms with Gasteiger partial charge in [-0.2, -0.15) is 0 Å². The largest absolute Gasteiger partial charge is 0.256 e. The van der Waals surface area contributed by atoms with Gasteiger partial charge >= 0.3 is 0 Å². The fourth-order valence-corrected chi connectivity index (χ4v) is 4.39. The van der Waals surface area contributed by atoms with Crippen molar-refractivity contribution >= 4 is 13.3 Å². The summed E-state index contributed by atoms with van der Waals surface area (Å²) in [6.07, 6.45) is 2.15. The highest BCUT2D eigenvalue weighted by Crippen LogP contribution is 2.41. The average Bonchev–Trinajstić information content (AvgIpc) is 2.45. The van der Waals surface area contributed by atoms with Gasteiger partial charge < -0.3 is 0 Å². The second kappa shape index (κ2) is 5.90. The van der Waals surface area contributed by atoms with Crippen LogP contribution in [0.25, 0.3) is 11.3 Å². The molecule has 0 saturated heterocycles. The van der Waals surface area contributed by atoms with Crippen LogP contribution in [0.5, 0.6) is 0 Å². The van der Waals surface area contributed by atoms with E-state index in [1.807, 2.05) is 0 Å². The quantitative estimate of drug-likeness (QED) is 0.668. The molecular weight excluding hydrogens is 294 g/mol. The van der Waals surface area contributed by atoms with E-state index in [2.05, 4.69) is 96.9 Å². The van der Waals surface area contributed by atoms with Crippen LogP contribution in [0, 0.1) is 5.41 Å². The van der Waals surface area contributed by atoms with Crippen molar-refractivity contribution in [3.05, 3.63) is 48.2 Å². The van der Waals surface area contributed by atoms with Crippen LogP contribution in [0.3, 0.4) is 0 Å². The zero-order valence-corrected chi connectivity index (χ0v) is 17.0. The Morgan fingerprint density at radius 3 is 1.91 bits per heavy atom. The zero-order valence-electron chi connectivity index (χ0n) is 16.0. The van der Waals surface area contributed by atoms with E-state index in [-0.39, 0.29) is 10.8 Å². The molecule has 1 nitrogen and oxygen atoms in total. The van der Waals surface area contributed by atoms with Gasteiger partial charge in [-0.3, -0.25) is 4.98 Å². The summed E-state index contributed by atoms with van der Waals surface area (Å²) >= 11 is 0. The van der Waals surface area contributed by atoms with Crippen molar-refractivity contribution in [3.8, 4) is 11.3 Å². The lowest BCUT2D eigenvalue weighted by atomic mass is 9.65. The number of hydrogen-bond acceptors (Lipinski definition) is 1. The predicted molar refractivity (Wildman–Crippen MR) is 105 cm³/mol. The Morgan fingerprint density at radius 2 is 1.43 bits per heavy atom. The van der Waals surface area contributed by atoms with Crippen LogP contribution in [0.1, 0.15) is 40.2 Å². The molecule has 0 amide bonds. The van der Waals surface area contributed by atoms with Gasteiger partial charge in [0, 0.05) is 11.8 Å². The highest BCUT2D eigenvalue weighted by molar-refractivity contribution is 6.89. The molecule has 0 aliphatic carbocycles. The van der Waals surface area contributed by atoms with Crippen LogP contribution in [0.2, 0.25) is 19.6 Å². The standard InChI is InChI=1S/C21H31NSi/c1-20(2,3)21(4,5)17-14-18(16-12-10-9-11-13-16)22-15-19(17)23(6,7)8/h9-15H,1-8H3. The molecule has 1 heterocycles. The number of benzene rings is 1. The highest BCUT2D eigenvalue weighted by Gasteiger charge is 2.38. The Balaban J connectivity index is 2.70. The van der Waals surface area contributed by atoms with Crippen LogP contribution in [0.15, 0.2) is 42.6 Å². The number of nitrogens with zero attached hydrogens (tertiary/aromatic N) is 1. The van der Waals surface area contributed by atoms with Gasteiger partial charge in [-0.25, -0.2) is 0 Å². The molecule has 0 N–H and O–H groups in total. The van der Waals surface area contributed by atoms with Gasteiger partial charge in [0.25, 0.3) is 0 Å². The molecular formula is C21H31NSi. The third-order valence-electron chi connectivity index (χ3n) is 5.33. The fraction of sp³-hybridized carbons (Fsp3) is 0.476. The molecule has 2 aromatic rings. The summed E-state index contributed by atoms with van der Waals surface area (Å²) < 4.78 is 0. The van der Waals surface area contributed by atoms with E-state index in [1.54, 1.807) is 0 Å². The first kappa shape index (κ1) is 17.9. The molecule has 23 heavy (non-hydrogen) atoms.